The highest BCUT2D eigenvalue weighted by Gasteiger charge is 2.18. The first-order chi connectivity index (χ1) is 12.7. The van der Waals surface area contributed by atoms with Crippen molar-refractivity contribution in [3.8, 4) is 0 Å². The second-order valence-corrected chi connectivity index (χ2v) is 9.22. The van der Waals surface area contributed by atoms with Crippen molar-refractivity contribution in [2.24, 2.45) is 4.99 Å². The van der Waals surface area contributed by atoms with E-state index >= 15 is 0 Å². The number of guanidine groups is 1. The molecule has 0 aliphatic carbocycles. The molecule has 2 heterocycles. The Labute approximate surface area is 170 Å². The van der Waals surface area contributed by atoms with E-state index in [4.69, 9.17) is 14.7 Å². The van der Waals surface area contributed by atoms with Crippen LogP contribution in [0.25, 0.3) is 0 Å². The lowest BCUT2D eigenvalue weighted by atomic mass is 9.98. The SMILES string of the molecule is CCNC(=NCc1csc(C(C)(C)C)n1)N(C)Cc1csc(C(C)OC)n1. The van der Waals surface area contributed by atoms with E-state index in [1.165, 1.54) is 0 Å². The molecule has 1 unspecified atom stereocenters. The molecule has 0 aromatic carbocycles. The molecule has 0 aliphatic rings. The zero-order chi connectivity index (χ0) is 20.0. The third-order valence-electron chi connectivity index (χ3n) is 3.95. The molecule has 8 heteroatoms. The first kappa shape index (κ1) is 21.8. The molecule has 27 heavy (non-hydrogen) atoms. The molecule has 1 atom stereocenters. The Morgan fingerprint density at radius 2 is 1.96 bits per heavy atom. The summed E-state index contributed by atoms with van der Waals surface area (Å²) >= 11 is 3.34. The standard InChI is InChI=1S/C19H31N5OS2/c1-8-20-18(21-9-14-11-27-17(23-14)19(3,4)5)24(6)10-15-12-26-16(22-15)13(2)25-7/h11-13H,8-10H2,1-7H3,(H,20,21). The molecule has 6 nitrogen and oxygen atoms in total. The van der Waals surface area contributed by atoms with Gasteiger partial charge in [-0.25, -0.2) is 15.0 Å². The Kier molecular flexibility index (Phi) is 7.76. The monoisotopic (exact) mass is 409 g/mol. The van der Waals surface area contributed by atoms with Crippen LogP contribution in [0.5, 0.6) is 0 Å². The summed E-state index contributed by atoms with van der Waals surface area (Å²) in [4.78, 5) is 16.3. The normalized spacial score (nSPS) is 13.7. The molecule has 0 spiro atoms. The fraction of sp³-hybridized carbons (Fsp3) is 0.632. The maximum absolute atomic E-state index is 5.35. The highest BCUT2D eigenvalue weighted by Crippen LogP contribution is 2.26. The Morgan fingerprint density at radius 3 is 2.56 bits per heavy atom. The van der Waals surface area contributed by atoms with Crippen LogP contribution in [-0.4, -0.2) is 41.5 Å². The minimum absolute atomic E-state index is 0.0256. The van der Waals surface area contributed by atoms with Gasteiger partial charge in [-0.2, -0.15) is 0 Å². The van der Waals surface area contributed by atoms with E-state index < -0.39 is 0 Å². The molecule has 0 amide bonds. The van der Waals surface area contributed by atoms with Gasteiger partial charge in [0.25, 0.3) is 0 Å². The molecule has 0 aliphatic heterocycles. The molecule has 0 fully saturated rings. The van der Waals surface area contributed by atoms with Gasteiger partial charge in [0.1, 0.15) is 11.1 Å². The van der Waals surface area contributed by atoms with Gasteiger partial charge in [0, 0.05) is 36.9 Å². The minimum Gasteiger partial charge on any atom is -0.375 e. The minimum atomic E-state index is 0.0256. The van der Waals surface area contributed by atoms with Crippen molar-refractivity contribution in [1.82, 2.24) is 20.2 Å². The van der Waals surface area contributed by atoms with Crippen molar-refractivity contribution in [2.45, 2.75) is 59.2 Å². The number of thiazole rings is 2. The lowest BCUT2D eigenvalue weighted by Crippen LogP contribution is -2.38. The fourth-order valence-electron chi connectivity index (χ4n) is 2.35. The number of aliphatic imine (C=N–C) groups is 1. The second-order valence-electron chi connectivity index (χ2n) is 7.48. The molecule has 2 aromatic heterocycles. The summed E-state index contributed by atoms with van der Waals surface area (Å²) < 4.78 is 5.35. The van der Waals surface area contributed by atoms with Gasteiger partial charge in [-0.05, 0) is 13.8 Å². The number of rotatable bonds is 7. The summed E-state index contributed by atoms with van der Waals surface area (Å²) in [7, 11) is 3.74. The number of nitrogens with zero attached hydrogens (tertiary/aromatic N) is 4. The van der Waals surface area contributed by atoms with Gasteiger partial charge in [-0.1, -0.05) is 20.8 Å². The van der Waals surface area contributed by atoms with Crippen LogP contribution < -0.4 is 5.32 Å². The summed E-state index contributed by atoms with van der Waals surface area (Å²) in [6.07, 6.45) is 0.0256. The lowest BCUT2D eigenvalue weighted by molar-refractivity contribution is 0.119. The van der Waals surface area contributed by atoms with E-state index in [0.29, 0.717) is 13.1 Å². The molecule has 2 aromatic rings. The third-order valence-corrected chi connectivity index (χ3v) is 6.32. The van der Waals surface area contributed by atoms with Crippen molar-refractivity contribution in [3.05, 3.63) is 32.2 Å². The Balaban J connectivity index is 2.05. The highest BCUT2D eigenvalue weighted by atomic mass is 32.1. The average Bonchev–Trinajstić information content (AvgIpc) is 3.27. The largest absolute Gasteiger partial charge is 0.375 e. The molecule has 0 saturated heterocycles. The van der Waals surface area contributed by atoms with Crippen LogP contribution in [0.2, 0.25) is 0 Å². The fourth-order valence-corrected chi connectivity index (χ4v) is 4.09. The molecule has 0 saturated carbocycles. The maximum atomic E-state index is 5.35. The summed E-state index contributed by atoms with van der Waals surface area (Å²) in [5.41, 5.74) is 2.12. The van der Waals surface area contributed by atoms with Gasteiger partial charge < -0.3 is 15.0 Å². The van der Waals surface area contributed by atoms with Crippen molar-refractivity contribution in [2.75, 3.05) is 20.7 Å². The van der Waals surface area contributed by atoms with E-state index in [0.717, 1.165) is 33.9 Å². The number of aromatic nitrogens is 2. The van der Waals surface area contributed by atoms with Gasteiger partial charge in [-0.3, -0.25) is 0 Å². The van der Waals surface area contributed by atoms with Crippen LogP contribution in [0.3, 0.4) is 0 Å². The Morgan fingerprint density at radius 1 is 1.26 bits per heavy atom. The molecule has 2 rings (SSSR count). The van der Waals surface area contributed by atoms with Gasteiger partial charge in [0.2, 0.25) is 0 Å². The van der Waals surface area contributed by atoms with Gasteiger partial charge in [-0.15, -0.1) is 22.7 Å². The van der Waals surface area contributed by atoms with Crippen molar-refractivity contribution in [1.29, 1.82) is 0 Å². The second kappa shape index (κ2) is 9.61. The quantitative estimate of drug-likeness (QED) is 0.548. The van der Waals surface area contributed by atoms with Crippen molar-refractivity contribution >= 4 is 28.6 Å². The summed E-state index contributed by atoms with van der Waals surface area (Å²) in [5.74, 6) is 0.858. The van der Waals surface area contributed by atoms with E-state index in [-0.39, 0.29) is 11.5 Å². The van der Waals surface area contributed by atoms with Crippen LogP contribution in [0.15, 0.2) is 15.8 Å². The Bertz CT molecular complexity index is 747. The van der Waals surface area contributed by atoms with E-state index in [1.807, 2.05) is 14.0 Å². The number of hydrogen-bond acceptors (Lipinski definition) is 6. The maximum Gasteiger partial charge on any atom is 0.194 e. The topological polar surface area (TPSA) is 62.6 Å². The predicted octanol–water partition coefficient (Wildman–Crippen LogP) is 4.20. The van der Waals surface area contributed by atoms with Gasteiger partial charge >= 0.3 is 0 Å². The summed E-state index contributed by atoms with van der Waals surface area (Å²) in [5, 5.41) is 9.69. The molecular formula is C19H31N5OS2. The molecule has 0 radical (unpaired) electrons. The number of nitrogens with one attached hydrogen (secondary N) is 1. The zero-order valence-corrected chi connectivity index (χ0v) is 19.0. The van der Waals surface area contributed by atoms with Gasteiger partial charge in [0.05, 0.1) is 29.5 Å². The third kappa shape index (κ3) is 6.26. The predicted molar refractivity (Wildman–Crippen MR) is 115 cm³/mol. The van der Waals surface area contributed by atoms with Crippen LogP contribution in [0, 0.1) is 0 Å². The average molecular weight is 410 g/mol. The van der Waals surface area contributed by atoms with Crippen molar-refractivity contribution in [3.63, 3.8) is 0 Å². The van der Waals surface area contributed by atoms with Crippen LogP contribution in [-0.2, 0) is 23.2 Å². The Hall–Kier alpha value is -1.51. The van der Waals surface area contributed by atoms with E-state index in [2.05, 4.69) is 53.7 Å². The molecule has 0 bridgehead atoms. The van der Waals surface area contributed by atoms with Crippen LogP contribution in [0.1, 0.15) is 62.1 Å². The number of ether oxygens (including phenoxy) is 1. The molecule has 150 valence electrons. The molecule has 1 N–H and O–H groups in total. The highest BCUT2D eigenvalue weighted by molar-refractivity contribution is 7.10. The van der Waals surface area contributed by atoms with Crippen molar-refractivity contribution < 1.29 is 4.74 Å². The van der Waals surface area contributed by atoms with Crippen LogP contribution in [0.4, 0.5) is 0 Å². The summed E-state index contributed by atoms with van der Waals surface area (Å²) in [6.45, 7) is 12.7. The lowest BCUT2D eigenvalue weighted by Gasteiger charge is -2.21. The number of methoxy groups -OCH3 is 1. The summed E-state index contributed by atoms with van der Waals surface area (Å²) in [6, 6.07) is 0. The molecular weight excluding hydrogens is 378 g/mol. The number of hydrogen-bond donors (Lipinski definition) is 1. The van der Waals surface area contributed by atoms with E-state index in [1.54, 1.807) is 29.8 Å². The van der Waals surface area contributed by atoms with Gasteiger partial charge in [0.15, 0.2) is 5.96 Å². The van der Waals surface area contributed by atoms with Crippen LogP contribution >= 0.6 is 22.7 Å². The van der Waals surface area contributed by atoms with E-state index in [9.17, 15) is 0 Å². The first-order valence-electron chi connectivity index (χ1n) is 9.16. The zero-order valence-electron chi connectivity index (χ0n) is 17.4. The smallest absolute Gasteiger partial charge is 0.194 e. The first-order valence-corrected chi connectivity index (χ1v) is 10.9.